The highest BCUT2D eigenvalue weighted by molar-refractivity contribution is 5.66. The van der Waals surface area contributed by atoms with Crippen LogP contribution in [0, 0.1) is 11.3 Å². The van der Waals surface area contributed by atoms with Gasteiger partial charge >= 0.3 is 0 Å². The summed E-state index contributed by atoms with van der Waals surface area (Å²) in [5.74, 6) is 0.126. The maximum Gasteiger partial charge on any atom is 0.226 e. The lowest BCUT2D eigenvalue weighted by Gasteiger charge is -2.26. The molecule has 4 atom stereocenters. The van der Waals surface area contributed by atoms with Crippen molar-refractivity contribution in [3.63, 3.8) is 0 Å². The molecule has 1 aliphatic heterocycles. The van der Waals surface area contributed by atoms with Gasteiger partial charge in [0.05, 0.1) is 12.3 Å². The number of nitrogens with zero attached hydrogens (tertiary/aromatic N) is 7. The fourth-order valence-electron chi connectivity index (χ4n) is 2.77. The molecule has 2 aromatic rings. The van der Waals surface area contributed by atoms with Crippen LogP contribution < -0.4 is 5.73 Å². The van der Waals surface area contributed by atoms with Gasteiger partial charge in [0.25, 0.3) is 0 Å². The van der Waals surface area contributed by atoms with E-state index >= 15 is 0 Å². The lowest BCUT2D eigenvalue weighted by molar-refractivity contribution is -0.131. The molecule has 12 nitrogen and oxygen atoms in total. The lowest BCUT2D eigenvalue weighted by Crippen LogP contribution is -2.44. The van der Waals surface area contributed by atoms with Crippen LogP contribution in [0.4, 0.5) is 5.82 Å². The molecule has 0 bridgehead atoms. The van der Waals surface area contributed by atoms with Crippen molar-refractivity contribution in [2.75, 3.05) is 12.3 Å². The van der Waals surface area contributed by atoms with Crippen molar-refractivity contribution in [1.29, 1.82) is 5.26 Å². The third-order valence-electron chi connectivity index (χ3n) is 3.98. The molecule has 12 heteroatoms. The SMILES string of the molecule is N#C[C@@]1(c2ccc3c(N)ncnn23)O[C@@](CO)(N=[N+]=[N-])[C@@H](O)[C@H]1O. The number of aliphatic hydroxyl groups excluding tert-OH is 3. The quantitative estimate of drug-likeness (QED) is 0.304. The number of nitrogens with two attached hydrogens (primary N) is 1. The molecule has 1 aliphatic rings. The minimum atomic E-state index is -2.22. The van der Waals surface area contributed by atoms with Crippen molar-refractivity contribution in [2.45, 2.75) is 23.5 Å². The molecule has 5 N–H and O–H groups in total. The normalized spacial score (nSPS) is 32.4. The zero-order valence-corrected chi connectivity index (χ0v) is 12.1. The summed E-state index contributed by atoms with van der Waals surface area (Å²) >= 11 is 0. The van der Waals surface area contributed by atoms with Crippen LogP contribution in [-0.4, -0.2) is 54.5 Å². The fraction of sp³-hybridized carbons (Fsp3) is 0.417. The molecule has 0 aliphatic carbocycles. The first-order chi connectivity index (χ1) is 11.5. The Bertz CT molecular complexity index is 887. The molecule has 0 amide bonds. The number of aromatic nitrogens is 3. The van der Waals surface area contributed by atoms with Crippen molar-refractivity contribution >= 4 is 11.3 Å². The van der Waals surface area contributed by atoms with Crippen LogP contribution in [0.3, 0.4) is 0 Å². The molecule has 2 aromatic heterocycles. The van der Waals surface area contributed by atoms with Gasteiger partial charge in [-0.25, -0.2) is 9.50 Å². The Hall–Kier alpha value is -2.94. The van der Waals surface area contributed by atoms with Crippen LogP contribution in [0.25, 0.3) is 16.0 Å². The van der Waals surface area contributed by atoms with Crippen molar-refractivity contribution in [3.8, 4) is 6.07 Å². The van der Waals surface area contributed by atoms with E-state index in [1.807, 2.05) is 0 Å². The summed E-state index contributed by atoms with van der Waals surface area (Å²) in [7, 11) is 0. The van der Waals surface area contributed by atoms with Gasteiger partial charge in [-0.3, -0.25) is 0 Å². The fourth-order valence-corrected chi connectivity index (χ4v) is 2.77. The topological polar surface area (TPSA) is 199 Å². The number of anilines is 1. The second-order valence-electron chi connectivity index (χ2n) is 5.19. The maximum atomic E-state index is 10.4. The van der Waals surface area contributed by atoms with E-state index in [0.717, 1.165) is 6.33 Å². The molecule has 3 rings (SSSR count). The van der Waals surface area contributed by atoms with E-state index in [9.17, 15) is 20.6 Å². The minimum absolute atomic E-state index is 0.0316. The zero-order chi connectivity index (χ0) is 17.5. The van der Waals surface area contributed by atoms with Crippen molar-refractivity contribution < 1.29 is 20.1 Å². The van der Waals surface area contributed by atoms with Gasteiger partial charge in [0.15, 0.2) is 5.82 Å². The van der Waals surface area contributed by atoms with Gasteiger partial charge in [0, 0.05) is 4.91 Å². The molecule has 124 valence electrons. The van der Waals surface area contributed by atoms with Crippen molar-refractivity contribution in [2.24, 2.45) is 5.11 Å². The van der Waals surface area contributed by atoms with E-state index in [-0.39, 0.29) is 11.5 Å². The van der Waals surface area contributed by atoms with Crippen LogP contribution in [0.15, 0.2) is 23.6 Å². The second-order valence-corrected chi connectivity index (χ2v) is 5.19. The first-order valence-electron chi connectivity index (χ1n) is 6.69. The highest BCUT2D eigenvalue weighted by Gasteiger charge is 2.64. The number of ether oxygens (including phenoxy) is 1. The highest BCUT2D eigenvalue weighted by atomic mass is 16.6. The molecule has 0 radical (unpaired) electrons. The van der Waals surface area contributed by atoms with E-state index in [2.05, 4.69) is 20.1 Å². The highest BCUT2D eigenvalue weighted by Crippen LogP contribution is 2.45. The van der Waals surface area contributed by atoms with E-state index in [1.165, 1.54) is 16.6 Å². The zero-order valence-electron chi connectivity index (χ0n) is 12.1. The lowest BCUT2D eigenvalue weighted by atomic mass is 9.91. The Balaban J connectivity index is 2.25. The number of nitrogen functional groups attached to an aromatic ring is 1. The Kier molecular flexibility index (Phi) is 3.52. The smallest absolute Gasteiger partial charge is 0.226 e. The third-order valence-corrected chi connectivity index (χ3v) is 3.98. The van der Waals surface area contributed by atoms with E-state index in [0.29, 0.717) is 5.52 Å². The number of nitriles is 1. The Morgan fingerprint density at radius 1 is 1.50 bits per heavy atom. The van der Waals surface area contributed by atoms with Gasteiger partial charge in [-0.15, -0.1) is 0 Å². The summed E-state index contributed by atoms with van der Waals surface area (Å²) in [6.07, 6.45) is -2.53. The molecule has 0 spiro atoms. The number of hydrogen-bond acceptors (Lipinski definition) is 9. The maximum absolute atomic E-state index is 10.4. The van der Waals surface area contributed by atoms with Gasteiger partial charge in [-0.2, -0.15) is 10.4 Å². The third kappa shape index (κ3) is 1.84. The largest absolute Gasteiger partial charge is 0.393 e. The van der Waals surface area contributed by atoms with Crippen molar-refractivity contribution in [1.82, 2.24) is 14.6 Å². The van der Waals surface area contributed by atoms with E-state index in [1.54, 1.807) is 6.07 Å². The van der Waals surface area contributed by atoms with Crippen LogP contribution >= 0.6 is 0 Å². The van der Waals surface area contributed by atoms with Gasteiger partial charge in [0.2, 0.25) is 11.3 Å². The standard InChI is InChI=1S/C12H12N8O4/c13-3-11(7-2-1-6-10(14)16-5-17-20(6)7)8(22)9(23)12(4-21,24-11)18-19-15/h1-2,5,8-9,21-23H,4H2,(H2,14,16,17)/t8-,9+,11+,12-/m1/s1. The molecule has 0 unspecified atom stereocenters. The van der Waals surface area contributed by atoms with E-state index in [4.69, 9.17) is 16.0 Å². The predicted octanol–water partition coefficient (Wildman–Crippen LogP) is -1.22. The van der Waals surface area contributed by atoms with Gasteiger partial charge in [-0.1, -0.05) is 5.11 Å². The Labute approximate surface area is 134 Å². The monoisotopic (exact) mass is 332 g/mol. The molecule has 0 saturated carbocycles. The molecule has 3 heterocycles. The van der Waals surface area contributed by atoms with E-state index < -0.39 is 30.1 Å². The average Bonchev–Trinajstić information content (AvgIpc) is 3.11. The Morgan fingerprint density at radius 2 is 2.25 bits per heavy atom. The predicted molar refractivity (Wildman–Crippen MR) is 76.8 cm³/mol. The van der Waals surface area contributed by atoms with Crippen LogP contribution in [0.1, 0.15) is 5.69 Å². The summed E-state index contributed by atoms with van der Waals surface area (Å²) in [6, 6.07) is 4.67. The number of fused-ring (bicyclic) bond motifs is 1. The van der Waals surface area contributed by atoms with Crippen LogP contribution in [-0.2, 0) is 10.3 Å². The first kappa shape index (κ1) is 15.9. The number of hydrogen-bond donors (Lipinski definition) is 4. The van der Waals surface area contributed by atoms with Gasteiger partial charge in [0.1, 0.15) is 30.1 Å². The van der Waals surface area contributed by atoms with Crippen LogP contribution in [0.5, 0.6) is 0 Å². The summed E-state index contributed by atoms with van der Waals surface area (Å²) < 4.78 is 6.65. The molecular weight excluding hydrogens is 320 g/mol. The minimum Gasteiger partial charge on any atom is -0.393 e. The number of rotatable bonds is 3. The summed E-state index contributed by atoms with van der Waals surface area (Å²) in [5, 5.41) is 47.0. The van der Waals surface area contributed by atoms with Crippen molar-refractivity contribution in [3.05, 3.63) is 34.6 Å². The number of azide groups is 1. The summed E-state index contributed by atoms with van der Waals surface area (Å²) in [4.78, 5) is 6.32. The first-order valence-corrected chi connectivity index (χ1v) is 6.69. The van der Waals surface area contributed by atoms with Gasteiger partial charge in [-0.05, 0) is 17.7 Å². The number of aliphatic hydroxyl groups is 3. The average molecular weight is 332 g/mol. The summed E-state index contributed by atoms with van der Waals surface area (Å²) in [6.45, 7) is -0.945. The molecule has 0 aromatic carbocycles. The molecular formula is C12H12N8O4. The van der Waals surface area contributed by atoms with Gasteiger partial charge < -0.3 is 25.8 Å². The Morgan fingerprint density at radius 3 is 2.88 bits per heavy atom. The molecule has 1 saturated heterocycles. The molecule has 1 fully saturated rings. The second kappa shape index (κ2) is 5.31. The molecule has 24 heavy (non-hydrogen) atoms. The summed E-state index contributed by atoms with van der Waals surface area (Å²) in [5.41, 5.74) is 10.4. The van der Waals surface area contributed by atoms with Crippen LogP contribution in [0.2, 0.25) is 0 Å².